The highest BCUT2D eigenvalue weighted by atomic mass is 79.9. The Balaban J connectivity index is 2.52. The summed E-state index contributed by atoms with van der Waals surface area (Å²) in [5.41, 5.74) is 0.713. The second-order valence-corrected chi connectivity index (χ2v) is 5.75. The molecule has 1 aromatic carbocycles. The fourth-order valence-corrected chi connectivity index (χ4v) is 3.19. The summed E-state index contributed by atoms with van der Waals surface area (Å²) in [6, 6.07) is 8.02. The van der Waals surface area contributed by atoms with E-state index in [-0.39, 0.29) is 0 Å². The first-order valence-electron chi connectivity index (χ1n) is 5.75. The molecule has 1 rings (SSSR count). The molecule has 0 aliphatic carbocycles. The maximum absolute atomic E-state index is 8.89. The van der Waals surface area contributed by atoms with Gasteiger partial charge in [-0.1, -0.05) is 29.8 Å². The van der Waals surface area contributed by atoms with E-state index in [1.165, 1.54) is 0 Å². The molecule has 2 nitrogen and oxygen atoms in total. The van der Waals surface area contributed by atoms with Crippen LogP contribution in [0.4, 0.5) is 0 Å². The van der Waals surface area contributed by atoms with Crippen LogP contribution < -0.4 is 0 Å². The molecular formula is C13H17BrN2S. The van der Waals surface area contributed by atoms with Gasteiger partial charge in [0, 0.05) is 21.7 Å². The van der Waals surface area contributed by atoms with Gasteiger partial charge in [0.05, 0.1) is 11.6 Å². The average molecular weight is 313 g/mol. The largest absolute Gasteiger partial charge is 0.303 e. The van der Waals surface area contributed by atoms with Crippen molar-refractivity contribution in [1.82, 2.24) is 4.90 Å². The predicted octanol–water partition coefficient (Wildman–Crippen LogP) is 3.75. The van der Waals surface area contributed by atoms with Gasteiger partial charge in [0.2, 0.25) is 0 Å². The van der Waals surface area contributed by atoms with Crippen molar-refractivity contribution in [2.24, 2.45) is 0 Å². The van der Waals surface area contributed by atoms with E-state index in [0.29, 0.717) is 5.56 Å². The normalized spacial score (nSPS) is 10.5. The molecule has 4 heteroatoms. The van der Waals surface area contributed by atoms with Crippen molar-refractivity contribution < 1.29 is 0 Å². The molecule has 0 radical (unpaired) electrons. The van der Waals surface area contributed by atoms with E-state index in [2.05, 4.69) is 46.8 Å². The van der Waals surface area contributed by atoms with Crippen LogP contribution in [0.25, 0.3) is 0 Å². The van der Waals surface area contributed by atoms with Crippen LogP contribution in [0.5, 0.6) is 0 Å². The van der Waals surface area contributed by atoms with E-state index in [4.69, 9.17) is 5.26 Å². The summed E-state index contributed by atoms with van der Waals surface area (Å²) >= 11 is 5.23. The van der Waals surface area contributed by atoms with Crippen LogP contribution in [0.3, 0.4) is 0 Å². The number of halogens is 1. The van der Waals surface area contributed by atoms with Gasteiger partial charge in [-0.3, -0.25) is 0 Å². The first-order chi connectivity index (χ1) is 8.19. The summed E-state index contributed by atoms with van der Waals surface area (Å²) in [6.45, 7) is 7.65. The quantitative estimate of drug-likeness (QED) is 0.748. The first kappa shape index (κ1) is 14.6. The minimum Gasteiger partial charge on any atom is -0.303 e. The van der Waals surface area contributed by atoms with E-state index >= 15 is 0 Å². The highest BCUT2D eigenvalue weighted by Gasteiger charge is 2.02. The number of rotatable bonds is 6. The maximum Gasteiger partial charge on any atom is 0.0992 e. The minimum absolute atomic E-state index is 0.713. The molecule has 0 N–H and O–H groups in total. The second kappa shape index (κ2) is 7.75. The van der Waals surface area contributed by atoms with E-state index in [0.717, 1.165) is 34.8 Å². The molecule has 92 valence electrons. The van der Waals surface area contributed by atoms with Crippen LogP contribution in [0.2, 0.25) is 0 Å². The summed E-state index contributed by atoms with van der Waals surface area (Å²) < 4.78 is 0.974. The van der Waals surface area contributed by atoms with Crippen molar-refractivity contribution in [2.45, 2.75) is 18.7 Å². The molecule has 0 saturated heterocycles. The zero-order valence-corrected chi connectivity index (χ0v) is 12.6. The third kappa shape index (κ3) is 5.12. The Labute approximate surface area is 116 Å². The van der Waals surface area contributed by atoms with E-state index < -0.39 is 0 Å². The molecule has 0 amide bonds. The highest BCUT2D eigenvalue weighted by molar-refractivity contribution is 9.10. The molecule has 0 fully saturated rings. The standard InChI is InChI=1S/C13H17BrN2S/c1-3-16(4-2)5-6-17-13-8-11(10-15)7-12(14)9-13/h7-9H,3-6H2,1-2H3. The lowest BCUT2D eigenvalue weighted by Crippen LogP contribution is -2.25. The van der Waals surface area contributed by atoms with Gasteiger partial charge in [-0.2, -0.15) is 5.26 Å². The SMILES string of the molecule is CCN(CC)CCSc1cc(Br)cc(C#N)c1. The van der Waals surface area contributed by atoms with Crippen LogP contribution in [0.1, 0.15) is 19.4 Å². The van der Waals surface area contributed by atoms with E-state index in [9.17, 15) is 0 Å². The molecule has 0 heterocycles. The molecule has 1 aromatic rings. The average Bonchev–Trinajstić information content (AvgIpc) is 2.34. The Kier molecular flexibility index (Phi) is 6.64. The number of hydrogen-bond acceptors (Lipinski definition) is 3. The van der Waals surface area contributed by atoms with E-state index in [1.807, 2.05) is 12.1 Å². The van der Waals surface area contributed by atoms with Gasteiger partial charge in [0.15, 0.2) is 0 Å². The molecule has 0 spiro atoms. The molecule has 0 unspecified atom stereocenters. The van der Waals surface area contributed by atoms with Crippen LogP contribution in [-0.2, 0) is 0 Å². The van der Waals surface area contributed by atoms with Crippen molar-refractivity contribution in [3.05, 3.63) is 28.2 Å². The lowest BCUT2D eigenvalue weighted by molar-refractivity contribution is 0.324. The minimum atomic E-state index is 0.713. The van der Waals surface area contributed by atoms with Crippen LogP contribution >= 0.6 is 27.7 Å². The summed E-state index contributed by atoms with van der Waals surface area (Å²) in [7, 11) is 0. The Morgan fingerprint density at radius 1 is 1.29 bits per heavy atom. The smallest absolute Gasteiger partial charge is 0.0992 e. The van der Waals surface area contributed by atoms with Crippen LogP contribution in [0.15, 0.2) is 27.6 Å². The molecule has 0 aliphatic heterocycles. The van der Waals surface area contributed by atoms with Crippen molar-refractivity contribution in [3.8, 4) is 6.07 Å². The second-order valence-electron chi connectivity index (χ2n) is 3.66. The van der Waals surface area contributed by atoms with Crippen LogP contribution in [-0.4, -0.2) is 30.3 Å². The number of thioether (sulfide) groups is 1. The van der Waals surface area contributed by atoms with Crippen molar-refractivity contribution in [3.63, 3.8) is 0 Å². The number of benzene rings is 1. The Bertz CT molecular complexity index is 397. The first-order valence-corrected chi connectivity index (χ1v) is 7.53. The fraction of sp³-hybridized carbons (Fsp3) is 0.462. The van der Waals surface area contributed by atoms with Gasteiger partial charge in [0.25, 0.3) is 0 Å². The molecule has 0 aromatic heterocycles. The zero-order chi connectivity index (χ0) is 12.7. The predicted molar refractivity (Wildman–Crippen MR) is 77.4 cm³/mol. The Hall–Kier alpha value is -0.500. The van der Waals surface area contributed by atoms with Gasteiger partial charge in [-0.05, 0) is 31.3 Å². The van der Waals surface area contributed by atoms with Gasteiger partial charge < -0.3 is 4.90 Å². The summed E-state index contributed by atoms with van der Waals surface area (Å²) in [6.07, 6.45) is 0. The third-order valence-corrected chi connectivity index (χ3v) is 3.98. The van der Waals surface area contributed by atoms with Gasteiger partial charge in [-0.15, -0.1) is 11.8 Å². The highest BCUT2D eigenvalue weighted by Crippen LogP contribution is 2.24. The summed E-state index contributed by atoms with van der Waals surface area (Å²) in [5.74, 6) is 1.06. The van der Waals surface area contributed by atoms with E-state index in [1.54, 1.807) is 11.8 Å². The molecule has 0 aliphatic rings. The number of nitrogens with zero attached hydrogens (tertiary/aromatic N) is 2. The summed E-state index contributed by atoms with van der Waals surface area (Å²) in [4.78, 5) is 3.55. The van der Waals surface area contributed by atoms with Crippen molar-refractivity contribution >= 4 is 27.7 Å². The van der Waals surface area contributed by atoms with Crippen molar-refractivity contribution in [1.29, 1.82) is 5.26 Å². The zero-order valence-electron chi connectivity index (χ0n) is 10.2. The molecule has 17 heavy (non-hydrogen) atoms. The monoisotopic (exact) mass is 312 g/mol. The lowest BCUT2D eigenvalue weighted by Gasteiger charge is -2.17. The third-order valence-electron chi connectivity index (χ3n) is 2.57. The molecular weight excluding hydrogens is 296 g/mol. The molecule has 0 bridgehead atoms. The Morgan fingerprint density at radius 3 is 2.59 bits per heavy atom. The maximum atomic E-state index is 8.89. The summed E-state index contributed by atoms with van der Waals surface area (Å²) in [5, 5.41) is 8.89. The van der Waals surface area contributed by atoms with Crippen LogP contribution in [0, 0.1) is 11.3 Å². The molecule has 0 atom stereocenters. The lowest BCUT2D eigenvalue weighted by atomic mass is 10.2. The van der Waals surface area contributed by atoms with Crippen molar-refractivity contribution in [2.75, 3.05) is 25.4 Å². The number of hydrogen-bond donors (Lipinski definition) is 0. The topological polar surface area (TPSA) is 27.0 Å². The fourth-order valence-electron chi connectivity index (χ4n) is 1.54. The van der Waals surface area contributed by atoms with Gasteiger partial charge in [0.1, 0.15) is 0 Å². The number of nitriles is 1. The Morgan fingerprint density at radius 2 is 2.00 bits per heavy atom. The van der Waals surface area contributed by atoms with Gasteiger partial charge >= 0.3 is 0 Å². The van der Waals surface area contributed by atoms with Gasteiger partial charge in [-0.25, -0.2) is 0 Å². The molecule has 0 saturated carbocycles.